The van der Waals surface area contributed by atoms with Crippen LogP contribution in [0.4, 0.5) is 0 Å². The average molecular weight is 221 g/mol. The normalized spacial score (nSPS) is 24.2. The van der Waals surface area contributed by atoms with Crippen molar-refractivity contribution in [3.63, 3.8) is 0 Å². The fourth-order valence-corrected chi connectivity index (χ4v) is 2.06. The number of benzene rings is 1. The smallest absolute Gasteiger partial charge is 0.226 e. The number of carbonyl (C=O) groups excluding carboxylic acids is 1. The lowest BCUT2D eigenvalue weighted by Crippen LogP contribution is -2.22. The van der Waals surface area contributed by atoms with Crippen molar-refractivity contribution >= 4 is 5.91 Å². The van der Waals surface area contributed by atoms with E-state index in [2.05, 4.69) is 5.32 Å². The van der Waals surface area contributed by atoms with E-state index >= 15 is 0 Å². The van der Waals surface area contributed by atoms with Crippen molar-refractivity contribution in [3.8, 4) is 5.75 Å². The van der Waals surface area contributed by atoms with Crippen LogP contribution in [0, 0.1) is 5.92 Å². The zero-order chi connectivity index (χ0) is 11.5. The molecule has 2 N–H and O–H groups in total. The quantitative estimate of drug-likeness (QED) is 0.796. The molecule has 1 aromatic rings. The number of amides is 1. The van der Waals surface area contributed by atoms with Gasteiger partial charge in [0.25, 0.3) is 0 Å². The molecule has 2 atom stereocenters. The highest BCUT2D eigenvalue weighted by molar-refractivity contribution is 5.81. The van der Waals surface area contributed by atoms with E-state index in [1.165, 1.54) is 0 Å². The molecule has 86 valence electrons. The number of hydrogen-bond acceptors (Lipinski definition) is 3. The predicted molar refractivity (Wildman–Crippen MR) is 59.1 cm³/mol. The lowest BCUT2D eigenvalue weighted by molar-refractivity contribution is -0.123. The molecule has 2 rings (SSSR count). The van der Waals surface area contributed by atoms with Crippen LogP contribution in [0.3, 0.4) is 0 Å². The van der Waals surface area contributed by atoms with Gasteiger partial charge in [0.2, 0.25) is 5.91 Å². The Morgan fingerprint density at radius 1 is 1.50 bits per heavy atom. The summed E-state index contributed by atoms with van der Waals surface area (Å²) < 4.78 is 5.25. The van der Waals surface area contributed by atoms with Crippen LogP contribution in [0.15, 0.2) is 24.3 Å². The van der Waals surface area contributed by atoms with Gasteiger partial charge in [-0.15, -0.1) is 0 Å². The summed E-state index contributed by atoms with van der Waals surface area (Å²) in [4.78, 5) is 11.5. The van der Waals surface area contributed by atoms with E-state index in [9.17, 15) is 4.79 Å². The Bertz CT molecular complexity index is 392. The minimum Gasteiger partial charge on any atom is -0.496 e. The minimum absolute atomic E-state index is 0.0548. The van der Waals surface area contributed by atoms with Gasteiger partial charge in [-0.25, -0.2) is 0 Å². The highest BCUT2D eigenvalue weighted by Crippen LogP contribution is 2.33. The fraction of sp³-hybridized carbons (Fsp3) is 0.417. The molecule has 4 heteroatoms. The molecule has 1 amide bonds. The summed E-state index contributed by atoms with van der Waals surface area (Å²) in [6.07, 6.45) is 0.621. The van der Waals surface area contributed by atoms with E-state index in [-0.39, 0.29) is 24.5 Å². The Balaban J connectivity index is 2.23. The van der Waals surface area contributed by atoms with Crippen LogP contribution in [0.25, 0.3) is 0 Å². The molecular formula is C12H15NO3. The van der Waals surface area contributed by atoms with Crippen LogP contribution < -0.4 is 10.1 Å². The van der Waals surface area contributed by atoms with Crippen molar-refractivity contribution < 1.29 is 14.6 Å². The van der Waals surface area contributed by atoms with E-state index in [0.29, 0.717) is 6.42 Å². The summed E-state index contributed by atoms with van der Waals surface area (Å²) in [7, 11) is 1.61. The standard InChI is InChI=1S/C12H15NO3/c1-16-11-5-3-2-4-9(11)10-6-8(7-14)12(15)13-10/h2-5,8,10,14H,6-7H2,1H3,(H,13,15). The van der Waals surface area contributed by atoms with Crippen LogP contribution in [0.2, 0.25) is 0 Å². The van der Waals surface area contributed by atoms with Crippen LogP contribution >= 0.6 is 0 Å². The van der Waals surface area contributed by atoms with Gasteiger partial charge in [-0.1, -0.05) is 18.2 Å². The molecule has 1 aromatic carbocycles. The Kier molecular flexibility index (Phi) is 3.10. The molecule has 1 fully saturated rings. The maximum atomic E-state index is 11.5. The summed E-state index contributed by atoms with van der Waals surface area (Å²) in [5, 5.41) is 11.9. The van der Waals surface area contributed by atoms with Crippen molar-refractivity contribution in [2.24, 2.45) is 5.92 Å². The van der Waals surface area contributed by atoms with Gasteiger partial charge in [0, 0.05) is 5.56 Å². The summed E-state index contributed by atoms with van der Waals surface area (Å²) in [6, 6.07) is 7.55. The number of nitrogens with one attached hydrogen (secondary N) is 1. The topological polar surface area (TPSA) is 58.6 Å². The number of rotatable bonds is 3. The van der Waals surface area contributed by atoms with Crippen molar-refractivity contribution in [2.75, 3.05) is 13.7 Å². The summed E-state index contributed by atoms with van der Waals surface area (Å²) >= 11 is 0. The second-order valence-electron chi connectivity index (χ2n) is 3.92. The van der Waals surface area contributed by atoms with Gasteiger partial charge in [0.15, 0.2) is 0 Å². The largest absolute Gasteiger partial charge is 0.496 e. The Labute approximate surface area is 94.2 Å². The summed E-state index contributed by atoms with van der Waals surface area (Å²) in [5.74, 6) is 0.389. The van der Waals surface area contributed by atoms with E-state index in [0.717, 1.165) is 11.3 Å². The fourth-order valence-electron chi connectivity index (χ4n) is 2.06. The first-order valence-electron chi connectivity index (χ1n) is 5.30. The Morgan fingerprint density at radius 3 is 2.88 bits per heavy atom. The third-order valence-electron chi connectivity index (χ3n) is 2.94. The van der Waals surface area contributed by atoms with Gasteiger partial charge in [-0.3, -0.25) is 4.79 Å². The van der Waals surface area contributed by atoms with Crippen LogP contribution in [-0.2, 0) is 4.79 Å². The molecule has 0 radical (unpaired) electrons. The third kappa shape index (κ3) is 1.88. The predicted octanol–water partition coefficient (Wildman–Crippen LogP) is 0.865. The number of carbonyl (C=O) groups is 1. The second kappa shape index (κ2) is 4.53. The lowest BCUT2D eigenvalue weighted by atomic mass is 10.00. The Hall–Kier alpha value is -1.55. The van der Waals surface area contributed by atoms with E-state index in [1.807, 2.05) is 24.3 Å². The lowest BCUT2D eigenvalue weighted by Gasteiger charge is -2.14. The molecule has 1 aliphatic heterocycles. The second-order valence-corrected chi connectivity index (χ2v) is 3.92. The SMILES string of the molecule is COc1ccccc1C1CC(CO)C(=O)N1. The first kappa shape index (κ1) is 11.0. The van der Waals surface area contributed by atoms with Gasteiger partial charge in [-0.2, -0.15) is 0 Å². The highest BCUT2D eigenvalue weighted by Gasteiger charge is 2.33. The third-order valence-corrected chi connectivity index (χ3v) is 2.94. The highest BCUT2D eigenvalue weighted by atomic mass is 16.5. The van der Waals surface area contributed by atoms with Gasteiger partial charge in [0.05, 0.1) is 25.7 Å². The molecule has 1 aliphatic rings. The molecular weight excluding hydrogens is 206 g/mol. The number of hydrogen-bond donors (Lipinski definition) is 2. The minimum atomic E-state index is -0.296. The molecule has 0 aliphatic carbocycles. The van der Waals surface area contributed by atoms with Crippen molar-refractivity contribution in [3.05, 3.63) is 29.8 Å². The molecule has 1 saturated heterocycles. The molecule has 0 aromatic heterocycles. The molecule has 16 heavy (non-hydrogen) atoms. The molecule has 0 bridgehead atoms. The number of methoxy groups -OCH3 is 1. The van der Waals surface area contributed by atoms with Crippen molar-refractivity contribution in [1.29, 1.82) is 0 Å². The average Bonchev–Trinajstić information content (AvgIpc) is 2.70. The first-order chi connectivity index (χ1) is 7.76. The maximum Gasteiger partial charge on any atom is 0.226 e. The van der Waals surface area contributed by atoms with Gasteiger partial charge in [0.1, 0.15) is 5.75 Å². The van der Waals surface area contributed by atoms with E-state index in [1.54, 1.807) is 7.11 Å². The van der Waals surface area contributed by atoms with E-state index in [4.69, 9.17) is 9.84 Å². The molecule has 4 nitrogen and oxygen atoms in total. The zero-order valence-electron chi connectivity index (χ0n) is 9.14. The molecule has 0 saturated carbocycles. The van der Waals surface area contributed by atoms with Crippen LogP contribution in [0.5, 0.6) is 5.75 Å². The Morgan fingerprint density at radius 2 is 2.25 bits per heavy atom. The summed E-state index contributed by atoms with van der Waals surface area (Å²) in [6.45, 7) is -0.0997. The number of ether oxygens (including phenoxy) is 1. The van der Waals surface area contributed by atoms with Crippen molar-refractivity contribution in [2.45, 2.75) is 12.5 Å². The number of para-hydroxylation sites is 1. The number of aliphatic hydroxyl groups excluding tert-OH is 1. The summed E-state index contributed by atoms with van der Waals surface area (Å²) in [5.41, 5.74) is 0.967. The number of aliphatic hydroxyl groups is 1. The van der Waals surface area contributed by atoms with Gasteiger partial charge in [-0.05, 0) is 12.5 Å². The molecule has 2 unspecified atom stereocenters. The molecule has 0 spiro atoms. The van der Waals surface area contributed by atoms with Gasteiger partial charge >= 0.3 is 0 Å². The van der Waals surface area contributed by atoms with Gasteiger partial charge < -0.3 is 15.2 Å². The maximum absolute atomic E-state index is 11.5. The monoisotopic (exact) mass is 221 g/mol. The first-order valence-corrected chi connectivity index (χ1v) is 5.30. The van der Waals surface area contributed by atoms with Crippen LogP contribution in [0.1, 0.15) is 18.0 Å². The molecule has 1 heterocycles. The van der Waals surface area contributed by atoms with Crippen LogP contribution in [-0.4, -0.2) is 24.7 Å². The van der Waals surface area contributed by atoms with E-state index < -0.39 is 0 Å². The zero-order valence-corrected chi connectivity index (χ0v) is 9.14. The van der Waals surface area contributed by atoms with Crippen molar-refractivity contribution in [1.82, 2.24) is 5.32 Å².